The Hall–Kier alpha value is -4.23. The van der Waals surface area contributed by atoms with Crippen LogP contribution in [0.4, 0.5) is 0 Å². The second kappa shape index (κ2) is 11.5. The highest BCUT2D eigenvalue weighted by Gasteiger charge is 2.38. The summed E-state index contributed by atoms with van der Waals surface area (Å²) in [5, 5.41) is 0. The molecule has 0 aliphatic carbocycles. The van der Waals surface area contributed by atoms with Gasteiger partial charge in [0, 0.05) is 12.3 Å². The second-order valence-electron chi connectivity index (χ2n) is 8.27. The Morgan fingerprint density at radius 1 is 0.833 bits per heavy atom. The lowest BCUT2D eigenvalue weighted by Crippen LogP contribution is -2.38. The Morgan fingerprint density at radius 3 is 1.78 bits per heavy atom. The van der Waals surface area contributed by atoms with Gasteiger partial charge in [-0.15, -0.1) is 0 Å². The summed E-state index contributed by atoms with van der Waals surface area (Å²) in [4.78, 5) is 39.1. The van der Waals surface area contributed by atoms with Crippen molar-refractivity contribution in [3.63, 3.8) is 0 Å². The van der Waals surface area contributed by atoms with E-state index in [9.17, 15) is 14.4 Å². The smallest absolute Gasteiger partial charge is 0.328 e. The molecular formula is C29H28N2O5. The SMILES string of the molecule is CCOC(=O)CC(COC(c1ccccc1)(c1ccccc1)c1ccccc1)n1ccc(=O)[nH]c1=O. The van der Waals surface area contributed by atoms with E-state index >= 15 is 0 Å². The van der Waals surface area contributed by atoms with Gasteiger partial charge in [0.1, 0.15) is 5.60 Å². The van der Waals surface area contributed by atoms with Crippen molar-refractivity contribution in [2.75, 3.05) is 13.2 Å². The molecule has 1 aromatic heterocycles. The van der Waals surface area contributed by atoms with Gasteiger partial charge < -0.3 is 9.47 Å². The molecule has 0 saturated heterocycles. The molecule has 1 unspecified atom stereocenters. The van der Waals surface area contributed by atoms with Gasteiger partial charge in [-0.25, -0.2) is 4.79 Å². The summed E-state index contributed by atoms with van der Waals surface area (Å²) in [6.45, 7) is 1.93. The highest BCUT2D eigenvalue weighted by Crippen LogP contribution is 2.41. The fourth-order valence-corrected chi connectivity index (χ4v) is 4.35. The minimum Gasteiger partial charge on any atom is -0.466 e. The van der Waals surface area contributed by atoms with Crippen molar-refractivity contribution in [1.82, 2.24) is 9.55 Å². The highest BCUT2D eigenvalue weighted by molar-refractivity contribution is 5.69. The maximum atomic E-state index is 12.7. The number of hydrogen-bond donors (Lipinski definition) is 1. The first kappa shape index (κ1) is 24.9. The summed E-state index contributed by atoms with van der Waals surface area (Å²) in [7, 11) is 0. The van der Waals surface area contributed by atoms with Crippen LogP contribution in [0.25, 0.3) is 0 Å². The van der Waals surface area contributed by atoms with Crippen molar-refractivity contribution in [2.24, 2.45) is 0 Å². The van der Waals surface area contributed by atoms with Gasteiger partial charge in [-0.1, -0.05) is 91.0 Å². The Labute approximate surface area is 209 Å². The monoisotopic (exact) mass is 484 g/mol. The average molecular weight is 485 g/mol. The summed E-state index contributed by atoms with van der Waals surface area (Å²) < 4.78 is 13.3. The molecular weight excluding hydrogens is 456 g/mol. The van der Waals surface area contributed by atoms with E-state index in [1.807, 2.05) is 91.0 Å². The van der Waals surface area contributed by atoms with Crippen LogP contribution in [0, 0.1) is 0 Å². The number of carbonyl (C=O) groups is 1. The van der Waals surface area contributed by atoms with Crippen LogP contribution in [0.2, 0.25) is 0 Å². The van der Waals surface area contributed by atoms with Crippen molar-refractivity contribution < 1.29 is 14.3 Å². The van der Waals surface area contributed by atoms with E-state index in [2.05, 4.69) is 4.98 Å². The second-order valence-corrected chi connectivity index (χ2v) is 8.27. The lowest BCUT2D eigenvalue weighted by atomic mass is 9.80. The number of H-pyrrole nitrogens is 1. The van der Waals surface area contributed by atoms with Crippen molar-refractivity contribution in [3.8, 4) is 0 Å². The number of hydrogen-bond acceptors (Lipinski definition) is 5. The van der Waals surface area contributed by atoms with E-state index in [1.54, 1.807) is 6.92 Å². The topological polar surface area (TPSA) is 90.4 Å². The van der Waals surface area contributed by atoms with Crippen LogP contribution in [-0.4, -0.2) is 28.7 Å². The van der Waals surface area contributed by atoms with Gasteiger partial charge in [0.05, 0.1) is 25.7 Å². The van der Waals surface area contributed by atoms with E-state index in [-0.39, 0.29) is 19.6 Å². The molecule has 36 heavy (non-hydrogen) atoms. The van der Waals surface area contributed by atoms with Crippen LogP contribution in [0.3, 0.4) is 0 Å². The fourth-order valence-electron chi connectivity index (χ4n) is 4.35. The summed E-state index contributed by atoms with van der Waals surface area (Å²) in [6, 6.07) is 30.0. The first-order chi connectivity index (χ1) is 17.5. The number of benzene rings is 3. The van der Waals surface area contributed by atoms with Gasteiger partial charge in [0.25, 0.3) is 5.56 Å². The van der Waals surface area contributed by atoms with Gasteiger partial charge in [0.2, 0.25) is 0 Å². The summed E-state index contributed by atoms with van der Waals surface area (Å²) in [5.74, 6) is -0.464. The molecule has 0 saturated carbocycles. The van der Waals surface area contributed by atoms with Gasteiger partial charge >= 0.3 is 11.7 Å². The zero-order valence-corrected chi connectivity index (χ0v) is 20.0. The molecule has 1 N–H and O–H groups in total. The molecule has 0 fully saturated rings. The van der Waals surface area contributed by atoms with Gasteiger partial charge in [-0.2, -0.15) is 0 Å². The largest absolute Gasteiger partial charge is 0.466 e. The Morgan fingerprint density at radius 2 is 1.33 bits per heavy atom. The summed E-state index contributed by atoms with van der Waals surface area (Å²) in [6.07, 6.45) is 1.28. The number of nitrogens with zero attached hydrogens (tertiary/aromatic N) is 1. The highest BCUT2D eigenvalue weighted by atomic mass is 16.5. The van der Waals surface area contributed by atoms with E-state index in [4.69, 9.17) is 9.47 Å². The molecule has 0 bridgehead atoms. The maximum Gasteiger partial charge on any atom is 0.328 e. The van der Waals surface area contributed by atoms with E-state index in [0.717, 1.165) is 16.7 Å². The lowest BCUT2D eigenvalue weighted by Gasteiger charge is -2.37. The predicted octanol–water partition coefficient (Wildman–Crippen LogP) is 4.04. The summed E-state index contributed by atoms with van der Waals surface area (Å²) >= 11 is 0. The third-order valence-corrected chi connectivity index (χ3v) is 5.99. The quantitative estimate of drug-likeness (QED) is 0.271. The molecule has 0 aliphatic heterocycles. The molecule has 1 atom stereocenters. The Kier molecular flexibility index (Phi) is 7.92. The molecule has 184 valence electrons. The van der Waals surface area contributed by atoms with Crippen molar-refractivity contribution in [3.05, 3.63) is 141 Å². The van der Waals surface area contributed by atoms with Crippen LogP contribution in [0.5, 0.6) is 0 Å². The fraction of sp³-hybridized carbons (Fsp3) is 0.207. The standard InChI is InChI=1S/C29H28N2O5/c1-2-35-27(33)20-25(31-19-18-26(32)30-28(31)34)21-36-29(22-12-6-3-7-13-22,23-14-8-4-9-15-23)24-16-10-5-11-17-24/h3-19,25H,2,20-21H2,1H3,(H,30,32,34). The number of esters is 1. The van der Waals surface area contributed by atoms with Crippen molar-refractivity contribution in [2.45, 2.75) is 25.0 Å². The number of aromatic nitrogens is 2. The normalized spacial score (nSPS) is 12.1. The number of aromatic amines is 1. The first-order valence-corrected chi connectivity index (χ1v) is 11.8. The zero-order valence-electron chi connectivity index (χ0n) is 20.0. The third-order valence-electron chi connectivity index (χ3n) is 5.99. The molecule has 3 aromatic carbocycles. The van der Waals surface area contributed by atoms with E-state index < -0.39 is 28.9 Å². The summed E-state index contributed by atoms with van der Waals surface area (Å²) in [5.41, 5.74) is 0.523. The molecule has 0 radical (unpaired) electrons. The number of rotatable bonds is 10. The third kappa shape index (κ3) is 5.37. The van der Waals surface area contributed by atoms with Crippen LogP contribution in [-0.2, 0) is 19.9 Å². The van der Waals surface area contributed by atoms with Crippen LogP contribution in [0.1, 0.15) is 36.1 Å². The number of ether oxygens (including phenoxy) is 2. The predicted molar refractivity (Wildman–Crippen MR) is 137 cm³/mol. The maximum absolute atomic E-state index is 12.7. The minimum absolute atomic E-state index is 0.0105. The minimum atomic E-state index is -1.03. The van der Waals surface area contributed by atoms with E-state index in [0.29, 0.717) is 0 Å². The first-order valence-electron chi connectivity index (χ1n) is 11.8. The van der Waals surface area contributed by atoms with Crippen LogP contribution >= 0.6 is 0 Å². The molecule has 1 heterocycles. The molecule has 0 amide bonds. The molecule has 4 rings (SSSR count). The van der Waals surface area contributed by atoms with Crippen molar-refractivity contribution in [1.29, 1.82) is 0 Å². The van der Waals surface area contributed by atoms with Crippen molar-refractivity contribution >= 4 is 5.97 Å². The Balaban J connectivity index is 1.83. The molecule has 0 aliphatic rings. The number of nitrogens with one attached hydrogen (secondary N) is 1. The lowest BCUT2D eigenvalue weighted by molar-refractivity contribution is -0.145. The molecule has 0 spiro atoms. The zero-order chi connectivity index (χ0) is 25.4. The van der Waals surface area contributed by atoms with Gasteiger partial charge in [-0.05, 0) is 23.6 Å². The Bertz CT molecular complexity index is 1290. The number of carbonyl (C=O) groups excluding carboxylic acids is 1. The van der Waals surface area contributed by atoms with Gasteiger partial charge in [-0.3, -0.25) is 19.1 Å². The average Bonchev–Trinajstić information content (AvgIpc) is 2.90. The molecule has 7 heteroatoms. The molecule has 7 nitrogen and oxygen atoms in total. The molecule has 4 aromatic rings. The van der Waals surface area contributed by atoms with E-state index in [1.165, 1.54) is 16.8 Å². The van der Waals surface area contributed by atoms with Crippen LogP contribution in [0.15, 0.2) is 113 Å². The van der Waals surface area contributed by atoms with Gasteiger partial charge in [0.15, 0.2) is 0 Å². The van der Waals surface area contributed by atoms with Crippen LogP contribution < -0.4 is 11.2 Å².